The standard InChI is InChI=1S/C24H23N5O2.C21H18N6O2.2C20H17N7O2.C18H14N6O2S/c1-15(2)19-13-29(16-6-4-3-5-7-16)20-9-8-17(12-18(19)20)28-10-11-31-23-21(24(28)30)22(25)26-14-27-23;1-13-2-5-17(23-11-13)27-7-6-14-10-15(3-4-16(14)27)26-8-9-29-20-18(21(26)28)19(22)24-12-25-20;1-12-2-3-14(9-22-12)26-5-4-13-8-15(10-23-18(13)26)27-6-7-29-19-16(20(27)28)17(21)24-11-25-19;1-12-2-3-15(22-9-12)27-5-4-13-8-14(10-23-18(13)27)26-6-7-29-19-16(20(26)28)17(21)24-11-25-19;19-15-14-17(22-10-21-15)26-6-5-23(18(14)25)12-8-11-3-4-24(16(11)20-9-12)13-2-1-7-27-13/h3-9,12-15H,10-11H2,1-2H3,(H2,25,26,27);2-7,10-12H,8-9H2,1H3,(H2,22,24,25);2*2-5,8-11H,6-7H2,1H3,(H2,21,24,25);1-4,7-10H,5-6H2,(H2,19,21,22). The fraction of sp³-hybridized carbons (Fsp3) is 0.155. The quantitative estimate of drug-likeness (QED) is 0.0803. The van der Waals surface area contributed by atoms with Gasteiger partial charge in [0.05, 0.1) is 91.3 Å². The van der Waals surface area contributed by atoms with Crippen molar-refractivity contribution in [3.63, 3.8) is 0 Å². The van der Waals surface area contributed by atoms with E-state index in [4.69, 9.17) is 52.4 Å². The average molecular weight is 1950 g/mol. The molecule has 0 spiro atoms. The molecule has 0 atom stereocenters. The predicted octanol–water partition coefficient (Wildman–Crippen LogP) is 13.7. The number of benzene rings is 3. The zero-order chi connectivity index (χ0) is 99.8. The van der Waals surface area contributed by atoms with Crippen LogP contribution in [0.5, 0.6) is 29.4 Å². The van der Waals surface area contributed by atoms with Gasteiger partial charge < -0.3 is 86.0 Å². The summed E-state index contributed by atoms with van der Waals surface area (Å²) in [4.78, 5) is 141. The van der Waals surface area contributed by atoms with Gasteiger partial charge >= 0.3 is 0 Å². The van der Waals surface area contributed by atoms with Crippen LogP contribution in [0, 0.1) is 20.8 Å². The zero-order valence-electron chi connectivity index (χ0n) is 78.5. The minimum absolute atomic E-state index is 0.0949. The maximum atomic E-state index is 13.3. The van der Waals surface area contributed by atoms with Crippen molar-refractivity contribution in [2.75, 3.05) is 119 Å². The second kappa shape index (κ2) is 39.2. The Kier molecular flexibility index (Phi) is 24.9. The highest BCUT2D eigenvalue weighted by molar-refractivity contribution is 7.12. The third kappa shape index (κ3) is 18.0. The Morgan fingerprint density at radius 2 is 0.683 bits per heavy atom. The number of hydrogen-bond donors (Lipinski definition) is 5. The molecule has 10 N–H and O–H groups in total. The van der Waals surface area contributed by atoms with Crippen molar-refractivity contribution in [1.82, 2.24) is 103 Å². The van der Waals surface area contributed by atoms with Crippen molar-refractivity contribution in [2.24, 2.45) is 0 Å². The number of thiophene rings is 1. The van der Waals surface area contributed by atoms with E-state index in [2.05, 4.69) is 129 Å². The first-order valence-corrected chi connectivity index (χ1v) is 46.8. The summed E-state index contributed by atoms with van der Waals surface area (Å²) in [7, 11) is 0. The number of ether oxygens (including phenoxy) is 5. The molecule has 5 amide bonds. The summed E-state index contributed by atoms with van der Waals surface area (Å²) in [6.45, 7) is 13.7. The molecule has 41 nitrogen and oxygen atoms in total. The lowest BCUT2D eigenvalue weighted by Gasteiger charge is -2.21. The molecule has 722 valence electrons. The van der Waals surface area contributed by atoms with Crippen LogP contribution in [0.2, 0.25) is 0 Å². The third-order valence-electron chi connectivity index (χ3n) is 24.7. The number of nitrogen functional groups attached to an aromatic ring is 5. The smallest absolute Gasteiger partial charge is 0.267 e. The molecular weight excluding hydrogens is 1860 g/mol. The van der Waals surface area contributed by atoms with Crippen LogP contribution in [-0.2, 0) is 0 Å². The third-order valence-corrected chi connectivity index (χ3v) is 25.6. The summed E-state index contributed by atoms with van der Waals surface area (Å²) in [5.74, 6) is 2.15. The molecule has 20 aromatic rings. The van der Waals surface area contributed by atoms with Crippen LogP contribution in [0.1, 0.15) is 93.9 Å². The summed E-state index contributed by atoms with van der Waals surface area (Å²) in [5.41, 5.74) is 45.0. The van der Waals surface area contributed by atoms with Gasteiger partial charge in [-0.05, 0) is 176 Å². The van der Waals surface area contributed by atoms with E-state index in [0.29, 0.717) is 88.7 Å². The van der Waals surface area contributed by atoms with Crippen LogP contribution >= 0.6 is 11.3 Å². The molecule has 0 saturated heterocycles. The van der Waals surface area contributed by atoms with Gasteiger partial charge in [0.1, 0.15) is 155 Å². The predicted molar refractivity (Wildman–Crippen MR) is 547 cm³/mol. The minimum atomic E-state index is -0.309. The second-order valence-electron chi connectivity index (χ2n) is 34.2. The van der Waals surface area contributed by atoms with Crippen LogP contribution in [0.15, 0.2) is 263 Å². The molecule has 42 heteroatoms. The molecule has 0 fully saturated rings. The molecule has 3 aromatic carbocycles. The van der Waals surface area contributed by atoms with Gasteiger partial charge in [-0.2, -0.15) is 0 Å². The van der Waals surface area contributed by atoms with Crippen LogP contribution in [0.25, 0.3) is 82.9 Å². The number of carbonyl (C=O) groups is 5. The summed E-state index contributed by atoms with van der Waals surface area (Å²) in [6.07, 6.45) is 26.9. The van der Waals surface area contributed by atoms with Gasteiger partial charge in [-0.15, -0.1) is 11.3 Å². The largest absolute Gasteiger partial charge is 0.475 e. The number of aryl methyl sites for hydroxylation is 3. The number of carbonyl (C=O) groups excluding carboxylic acids is 5. The van der Waals surface area contributed by atoms with E-state index >= 15 is 0 Å². The van der Waals surface area contributed by atoms with Gasteiger partial charge in [0, 0.05) is 93.1 Å². The molecule has 0 unspecified atom stereocenters. The minimum Gasteiger partial charge on any atom is -0.475 e. The summed E-state index contributed by atoms with van der Waals surface area (Å²) in [5, 5.41) is 7.96. The van der Waals surface area contributed by atoms with Crippen LogP contribution in [0.3, 0.4) is 0 Å². The fourth-order valence-electron chi connectivity index (χ4n) is 17.5. The Morgan fingerprint density at radius 3 is 1.10 bits per heavy atom. The Morgan fingerprint density at radius 1 is 0.310 bits per heavy atom. The molecular formula is C103H89N31O10S. The van der Waals surface area contributed by atoms with Crippen LogP contribution < -0.4 is 76.9 Å². The summed E-state index contributed by atoms with van der Waals surface area (Å²) in [6, 6.07) is 51.8. The number of anilines is 10. The molecule has 5 aliphatic rings. The maximum Gasteiger partial charge on any atom is 0.267 e. The first kappa shape index (κ1) is 92.1. The van der Waals surface area contributed by atoms with Gasteiger partial charge in [-0.3, -0.25) is 42.7 Å². The van der Waals surface area contributed by atoms with Gasteiger partial charge in [0.15, 0.2) is 0 Å². The average Bonchev–Trinajstić information content (AvgIpc) is 1.64. The number of hydrogen-bond acceptors (Lipinski definition) is 32. The number of pyridine rings is 6. The molecule has 5 aliphatic heterocycles. The van der Waals surface area contributed by atoms with Gasteiger partial charge in [0.25, 0.3) is 29.5 Å². The van der Waals surface area contributed by atoms with Gasteiger partial charge in [-0.1, -0.05) is 44.2 Å². The van der Waals surface area contributed by atoms with E-state index in [0.717, 1.165) is 111 Å². The number of aromatic nitrogens is 21. The SMILES string of the molecule is CC(C)c1cn(-c2ccccc2)c2ccc(N3CCOc4ncnc(N)c4C3=O)cc12.Cc1ccc(-n2ccc3cc(N4CCOc5ncnc(N)c5C4=O)ccc32)nc1.Cc1ccc(-n2ccc3cc(N4CCOc5ncnc(N)c5C4=O)cnc32)cn1.Cc1ccc(-n2ccc3cc(N4CCOc5ncnc(N)c5C4=O)cnc32)nc1.Nc1ncnc2c1C(=O)N(c1cnc3c(ccn3-c3cccs3)c1)CCO2. The monoisotopic (exact) mass is 1950 g/mol. The zero-order valence-corrected chi connectivity index (χ0v) is 79.3. The molecule has 25 rings (SSSR count). The lowest BCUT2D eigenvalue weighted by molar-refractivity contribution is 0.0982. The lowest BCUT2D eigenvalue weighted by Crippen LogP contribution is -2.32. The molecule has 145 heavy (non-hydrogen) atoms. The number of fused-ring (bicyclic) bond motifs is 10. The van der Waals surface area contributed by atoms with Gasteiger partial charge in [0.2, 0.25) is 29.4 Å². The number of amides is 5. The molecule has 22 heterocycles. The van der Waals surface area contributed by atoms with Crippen molar-refractivity contribution in [1.29, 1.82) is 0 Å². The van der Waals surface area contributed by atoms with E-state index in [1.807, 2.05) is 215 Å². The normalized spacial score (nSPS) is 13.9. The number of nitrogens with zero attached hydrogens (tertiary/aromatic N) is 26. The first-order chi connectivity index (χ1) is 70.6. The Labute approximate surface area is 828 Å². The van der Waals surface area contributed by atoms with Crippen molar-refractivity contribution in [3.8, 4) is 57.4 Å². The van der Waals surface area contributed by atoms with Crippen molar-refractivity contribution in [2.45, 2.75) is 40.5 Å². The highest BCUT2D eigenvalue weighted by atomic mass is 32.1. The van der Waals surface area contributed by atoms with E-state index in [1.54, 1.807) is 60.6 Å². The van der Waals surface area contributed by atoms with Gasteiger partial charge in [-0.25, -0.2) is 74.8 Å². The molecule has 0 aliphatic carbocycles. The Balaban J connectivity index is 0.000000107. The van der Waals surface area contributed by atoms with Crippen molar-refractivity contribution < 1.29 is 47.7 Å². The van der Waals surface area contributed by atoms with E-state index < -0.39 is 0 Å². The van der Waals surface area contributed by atoms with E-state index in [1.165, 1.54) is 37.2 Å². The second-order valence-corrected chi connectivity index (χ2v) is 35.1. The maximum absolute atomic E-state index is 13.3. The highest BCUT2D eigenvalue weighted by Gasteiger charge is 2.36. The Bertz CT molecular complexity index is 7920. The van der Waals surface area contributed by atoms with Crippen molar-refractivity contribution in [3.05, 3.63) is 313 Å². The first-order valence-electron chi connectivity index (χ1n) is 45.9. The molecule has 0 radical (unpaired) electrons. The highest BCUT2D eigenvalue weighted by Crippen LogP contribution is 2.40. The summed E-state index contributed by atoms with van der Waals surface area (Å²) >= 11 is 1.64. The van der Waals surface area contributed by atoms with E-state index in [9.17, 15) is 24.0 Å². The lowest BCUT2D eigenvalue weighted by atomic mass is 10.0. The number of para-hydroxylation sites is 1. The molecule has 0 saturated carbocycles. The number of rotatable bonds is 11. The van der Waals surface area contributed by atoms with Crippen LogP contribution in [0.4, 0.5) is 57.5 Å². The fourth-order valence-corrected chi connectivity index (χ4v) is 18.2. The van der Waals surface area contributed by atoms with Crippen molar-refractivity contribution >= 4 is 153 Å². The van der Waals surface area contributed by atoms with E-state index in [-0.39, 0.29) is 116 Å². The topological polar surface area (TPSA) is 509 Å². The summed E-state index contributed by atoms with van der Waals surface area (Å²) < 4.78 is 38.1. The Hall–Kier alpha value is -19.3. The van der Waals surface area contributed by atoms with Crippen LogP contribution in [-0.4, -0.2) is 198 Å². The molecule has 0 bridgehead atoms. The molecule has 17 aromatic heterocycles. The number of nitrogens with two attached hydrogens (primary N) is 5.